The molecular weight excluding hydrogens is 224 g/mol. The predicted octanol–water partition coefficient (Wildman–Crippen LogP) is 1.83. The summed E-state index contributed by atoms with van der Waals surface area (Å²) in [5.74, 6) is 0. The molecule has 0 atom stereocenters. The Labute approximate surface area is 108 Å². The minimum Gasteiger partial charge on any atom is -0.369 e. The van der Waals surface area contributed by atoms with Gasteiger partial charge in [-0.05, 0) is 36.4 Å². The number of hydrogen-bond donors (Lipinski definition) is 1. The van der Waals surface area contributed by atoms with Crippen molar-refractivity contribution in [3.63, 3.8) is 0 Å². The summed E-state index contributed by atoms with van der Waals surface area (Å²) in [5.41, 5.74) is 3.65. The molecule has 0 fully saturated rings. The van der Waals surface area contributed by atoms with Gasteiger partial charge < -0.3 is 10.2 Å². The lowest BCUT2D eigenvalue weighted by Gasteiger charge is -2.22. The summed E-state index contributed by atoms with van der Waals surface area (Å²) < 4.78 is 0. The van der Waals surface area contributed by atoms with Crippen molar-refractivity contribution < 1.29 is 0 Å². The standard InChI is InChI=1S/C14H18N4/c1-15-9-13-5-8-17-10-14(13)18(2)11-12-3-6-16-7-4-12/h3-8,10,15H,9,11H2,1-2H3. The minimum absolute atomic E-state index is 0.846. The van der Waals surface area contributed by atoms with Crippen LogP contribution in [0.2, 0.25) is 0 Å². The zero-order chi connectivity index (χ0) is 12.8. The zero-order valence-electron chi connectivity index (χ0n) is 10.8. The average Bonchev–Trinajstić information content (AvgIpc) is 2.41. The van der Waals surface area contributed by atoms with E-state index in [1.165, 1.54) is 11.1 Å². The molecule has 0 unspecified atom stereocenters. The van der Waals surface area contributed by atoms with Crippen LogP contribution in [0.15, 0.2) is 43.0 Å². The van der Waals surface area contributed by atoms with Gasteiger partial charge in [0.05, 0.1) is 11.9 Å². The Balaban J connectivity index is 2.16. The summed E-state index contributed by atoms with van der Waals surface area (Å²) in [7, 11) is 4.03. The van der Waals surface area contributed by atoms with Crippen molar-refractivity contribution in [1.82, 2.24) is 15.3 Å². The molecule has 0 radical (unpaired) electrons. The molecule has 0 spiro atoms. The van der Waals surface area contributed by atoms with Gasteiger partial charge in [0.15, 0.2) is 0 Å². The summed E-state index contributed by atoms with van der Waals surface area (Å²) in [6, 6.07) is 6.12. The highest BCUT2D eigenvalue weighted by molar-refractivity contribution is 5.51. The van der Waals surface area contributed by atoms with E-state index in [0.717, 1.165) is 18.8 Å². The molecular formula is C14H18N4. The highest BCUT2D eigenvalue weighted by Crippen LogP contribution is 2.19. The van der Waals surface area contributed by atoms with Gasteiger partial charge in [-0.15, -0.1) is 0 Å². The van der Waals surface area contributed by atoms with Crippen molar-refractivity contribution >= 4 is 5.69 Å². The Bertz CT molecular complexity index is 484. The molecule has 0 bridgehead atoms. The van der Waals surface area contributed by atoms with Crippen LogP contribution in [-0.4, -0.2) is 24.1 Å². The molecule has 2 rings (SSSR count). The number of pyridine rings is 2. The van der Waals surface area contributed by atoms with Crippen LogP contribution in [0, 0.1) is 0 Å². The quantitative estimate of drug-likeness (QED) is 0.868. The fourth-order valence-electron chi connectivity index (χ4n) is 1.95. The topological polar surface area (TPSA) is 41.1 Å². The van der Waals surface area contributed by atoms with Crippen LogP contribution in [0.1, 0.15) is 11.1 Å². The molecule has 0 saturated heterocycles. The number of hydrogen-bond acceptors (Lipinski definition) is 4. The highest BCUT2D eigenvalue weighted by Gasteiger charge is 2.07. The summed E-state index contributed by atoms with van der Waals surface area (Å²) in [6.45, 7) is 1.70. The summed E-state index contributed by atoms with van der Waals surface area (Å²) in [5, 5.41) is 3.18. The van der Waals surface area contributed by atoms with Gasteiger partial charge in [-0.3, -0.25) is 9.97 Å². The van der Waals surface area contributed by atoms with Crippen LogP contribution in [-0.2, 0) is 13.1 Å². The maximum Gasteiger partial charge on any atom is 0.0598 e. The van der Waals surface area contributed by atoms with Crippen LogP contribution in [0.4, 0.5) is 5.69 Å². The largest absolute Gasteiger partial charge is 0.369 e. The van der Waals surface area contributed by atoms with E-state index in [4.69, 9.17) is 0 Å². The highest BCUT2D eigenvalue weighted by atomic mass is 15.1. The van der Waals surface area contributed by atoms with Crippen molar-refractivity contribution in [1.29, 1.82) is 0 Å². The Kier molecular flexibility index (Phi) is 4.25. The summed E-state index contributed by atoms with van der Waals surface area (Å²) in [4.78, 5) is 10.4. The number of nitrogens with one attached hydrogen (secondary N) is 1. The van der Waals surface area contributed by atoms with Crippen molar-refractivity contribution in [3.05, 3.63) is 54.1 Å². The first-order valence-corrected chi connectivity index (χ1v) is 5.99. The van der Waals surface area contributed by atoms with Crippen LogP contribution < -0.4 is 10.2 Å². The second kappa shape index (κ2) is 6.12. The molecule has 0 aromatic carbocycles. The number of nitrogens with zero attached hydrogens (tertiary/aromatic N) is 3. The maximum absolute atomic E-state index is 4.21. The summed E-state index contributed by atoms with van der Waals surface area (Å²) >= 11 is 0. The Morgan fingerprint density at radius 3 is 2.56 bits per heavy atom. The second-order valence-corrected chi connectivity index (χ2v) is 4.25. The van der Waals surface area contributed by atoms with Gasteiger partial charge in [0, 0.05) is 38.7 Å². The molecule has 2 heterocycles. The van der Waals surface area contributed by atoms with E-state index in [2.05, 4.69) is 33.3 Å². The lowest BCUT2D eigenvalue weighted by Crippen LogP contribution is -2.19. The third-order valence-corrected chi connectivity index (χ3v) is 2.84. The average molecular weight is 242 g/mol. The van der Waals surface area contributed by atoms with Crippen molar-refractivity contribution in [2.24, 2.45) is 0 Å². The Morgan fingerprint density at radius 2 is 1.83 bits per heavy atom. The van der Waals surface area contributed by atoms with Crippen LogP contribution >= 0.6 is 0 Å². The molecule has 2 aromatic rings. The number of aromatic nitrogens is 2. The van der Waals surface area contributed by atoms with Gasteiger partial charge in [-0.25, -0.2) is 0 Å². The molecule has 0 aliphatic carbocycles. The molecule has 18 heavy (non-hydrogen) atoms. The molecule has 0 saturated carbocycles. The first-order valence-electron chi connectivity index (χ1n) is 5.99. The van der Waals surface area contributed by atoms with Gasteiger partial charge >= 0.3 is 0 Å². The lowest BCUT2D eigenvalue weighted by atomic mass is 10.2. The molecule has 4 heteroatoms. The second-order valence-electron chi connectivity index (χ2n) is 4.25. The SMILES string of the molecule is CNCc1ccncc1N(C)Cc1ccncc1. The first kappa shape index (κ1) is 12.5. The minimum atomic E-state index is 0.846. The molecule has 4 nitrogen and oxygen atoms in total. The van der Waals surface area contributed by atoms with Gasteiger partial charge in [0.1, 0.15) is 0 Å². The zero-order valence-corrected chi connectivity index (χ0v) is 10.8. The number of anilines is 1. The monoisotopic (exact) mass is 242 g/mol. The molecule has 94 valence electrons. The fraction of sp³-hybridized carbons (Fsp3) is 0.286. The van der Waals surface area contributed by atoms with Crippen LogP contribution in [0.5, 0.6) is 0 Å². The van der Waals surface area contributed by atoms with Crippen molar-refractivity contribution in [3.8, 4) is 0 Å². The summed E-state index contributed by atoms with van der Waals surface area (Å²) in [6.07, 6.45) is 7.38. The normalized spacial score (nSPS) is 10.3. The van der Waals surface area contributed by atoms with Crippen LogP contribution in [0.3, 0.4) is 0 Å². The Hall–Kier alpha value is -1.94. The smallest absolute Gasteiger partial charge is 0.0598 e. The van der Waals surface area contributed by atoms with E-state index >= 15 is 0 Å². The van der Waals surface area contributed by atoms with Crippen molar-refractivity contribution in [2.45, 2.75) is 13.1 Å². The molecule has 0 aliphatic rings. The molecule has 1 N–H and O–H groups in total. The van der Waals surface area contributed by atoms with Crippen molar-refractivity contribution in [2.75, 3.05) is 19.0 Å². The van der Waals surface area contributed by atoms with E-state index in [-0.39, 0.29) is 0 Å². The maximum atomic E-state index is 4.21. The van der Waals surface area contributed by atoms with E-state index in [1.807, 2.05) is 44.0 Å². The Morgan fingerprint density at radius 1 is 1.11 bits per heavy atom. The fourth-order valence-corrected chi connectivity index (χ4v) is 1.95. The van der Waals surface area contributed by atoms with Gasteiger partial charge in [-0.2, -0.15) is 0 Å². The lowest BCUT2D eigenvalue weighted by molar-refractivity contribution is 0.802. The van der Waals surface area contributed by atoms with E-state index < -0.39 is 0 Å². The predicted molar refractivity (Wildman–Crippen MR) is 73.3 cm³/mol. The molecule has 0 aliphatic heterocycles. The van der Waals surface area contributed by atoms with E-state index in [0.29, 0.717) is 0 Å². The van der Waals surface area contributed by atoms with Gasteiger partial charge in [-0.1, -0.05) is 0 Å². The van der Waals surface area contributed by atoms with E-state index in [1.54, 1.807) is 0 Å². The van der Waals surface area contributed by atoms with Gasteiger partial charge in [0.2, 0.25) is 0 Å². The van der Waals surface area contributed by atoms with E-state index in [9.17, 15) is 0 Å². The van der Waals surface area contributed by atoms with Gasteiger partial charge in [0.25, 0.3) is 0 Å². The first-order chi connectivity index (χ1) is 8.81. The molecule has 2 aromatic heterocycles. The molecule has 0 amide bonds. The van der Waals surface area contributed by atoms with Crippen LogP contribution in [0.25, 0.3) is 0 Å². The third-order valence-electron chi connectivity index (χ3n) is 2.84. The number of rotatable bonds is 5. The third kappa shape index (κ3) is 3.05.